The minimum atomic E-state index is -1.05. The van der Waals surface area contributed by atoms with Crippen LogP contribution in [0.1, 0.15) is 58.6 Å². The van der Waals surface area contributed by atoms with E-state index in [1.807, 2.05) is 81.4 Å². The summed E-state index contributed by atoms with van der Waals surface area (Å²) in [6.45, 7) is 7.88. The zero-order valence-electron chi connectivity index (χ0n) is 26.2. The molecule has 1 heterocycles. The van der Waals surface area contributed by atoms with E-state index in [1.54, 1.807) is 31.2 Å². The molecule has 10 heteroatoms. The third-order valence-corrected chi connectivity index (χ3v) is 7.68. The largest absolute Gasteiger partial charge is 0.457 e. The number of amides is 3. The van der Waals surface area contributed by atoms with Crippen LogP contribution in [-0.4, -0.2) is 54.0 Å². The zero-order chi connectivity index (χ0) is 32.4. The Morgan fingerprint density at radius 2 is 1.53 bits per heavy atom. The molecule has 0 unspecified atom stereocenters. The molecule has 0 bridgehead atoms. The fraction of sp³-hybridized carbons (Fsp3) is 0.371. The molecule has 1 fully saturated rings. The summed E-state index contributed by atoms with van der Waals surface area (Å²) in [4.78, 5) is 53.5. The molecule has 0 radical (unpaired) electrons. The van der Waals surface area contributed by atoms with E-state index in [0.717, 1.165) is 12.0 Å². The number of unbranched alkanes of at least 4 members (excludes halogenated alkanes) is 1. The number of carbonyl (C=O) groups is 4. The molecule has 1 aliphatic heterocycles. The first-order valence-corrected chi connectivity index (χ1v) is 15.2. The molecule has 45 heavy (non-hydrogen) atoms. The van der Waals surface area contributed by atoms with Crippen molar-refractivity contribution < 1.29 is 33.4 Å². The Labute approximate surface area is 264 Å². The molecule has 3 atom stereocenters. The second-order valence-corrected chi connectivity index (χ2v) is 11.8. The van der Waals surface area contributed by atoms with Gasteiger partial charge in [0, 0.05) is 18.0 Å². The lowest BCUT2D eigenvalue weighted by molar-refractivity contribution is -0.139. The zero-order valence-corrected chi connectivity index (χ0v) is 26.2. The van der Waals surface area contributed by atoms with E-state index in [4.69, 9.17) is 14.2 Å². The van der Waals surface area contributed by atoms with Crippen molar-refractivity contribution in [3.05, 3.63) is 90.5 Å². The van der Waals surface area contributed by atoms with Crippen molar-refractivity contribution in [2.45, 2.75) is 65.1 Å². The second kappa shape index (κ2) is 15.2. The van der Waals surface area contributed by atoms with Gasteiger partial charge in [-0.2, -0.15) is 0 Å². The van der Waals surface area contributed by atoms with Crippen LogP contribution in [0.15, 0.2) is 84.9 Å². The lowest BCUT2D eigenvalue weighted by Crippen LogP contribution is -2.49. The Kier molecular flexibility index (Phi) is 11.2. The average molecular weight is 616 g/mol. The SMILES string of the molecule is CCCC[C@H](NC(=O)O[C@H]1CN(C(=O)Oc2cccc(Oc3ccccc3)c2)CC1(C)C)C(=O)C(=O)N[C@H](C)c1ccccc1. The number of Topliss-reactive ketones (excluding diaryl/α,β-unsaturated/α-hetero) is 1. The molecule has 0 spiro atoms. The number of carbonyl (C=O) groups excluding carboxylic acids is 4. The molecular formula is C35H41N3O7. The Bertz CT molecular complexity index is 1460. The van der Waals surface area contributed by atoms with Crippen LogP contribution in [0, 0.1) is 5.41 Å². The van der Waals surface area contributed by atoms with Crippen LogP contribution in [0.5, 0.6) is 17.2 Å². The summed E-state index contributed by atoms with van der Waals surface area (Å²) in [5, 5.41) is 5.32. The number of benzene rings is 3. The van der Waals surface area contributed by atoms with E-state index in [1.165, 1.54) is 4.90 Å². The molecule has 3 aromatic carbocycles. The average Bonchev–Trinajstić information content (AvgIpc) is 3.33. The maximum atomic E-state index is 13.1. The van der Waals surface area contributed by atoms with Crippen molar-refractivity contribution in [1.29, 1.82) is 0 Å². The van der Waals surface area contributed by atoms with Gasteiger partial charge >= 0.3 is 12.2 Å². The van der Waals surface area contributed by atoms with Gasteiger partial charge in [-0.25, -0.2) is 9.59 Å². The highest BCUT2D eigenvalue weighted by Crippen LogP contribution is 2.33. The van der Waals surface area contributed by atoms with Crippen molar-refractivity contribution in [1.82, 2.24) is 15.5 Å². The van der Waals surface area contributed by atoms with Gasteiger partial charge in [0.05, 0.1) is 12.6 Å². The van der Waals surface area contributed by atoms with E-state index < -0.39 is 41.4 Å². The highest BCUT2D eigenvalue weighted by atomic mass is 16.6. The van der Waals surface area contributed by atoms with Crippen molar-refractivity contribution >= 4 is 23.9 Å². The Hall–Kier alpha value is -4.86. The number of ketones is 1. The third-order valence-electron chi connectivity index (χ3n) is 7.68. The van der Waals surface area contributed by atoms with Gasteiger partial charge in [-0.15, -0.1) is 0 Å². The molecule has 0 aromatic heterocycles. The van der Waals surface area contributed by atoms with Crippen LogP contribution in [-0.2, 0) is 14.3 Å². The van der Waals surface area contributed by atoms with Crippen molar-refractivity contribution in [3.63, 3.8) is 0 Å². The number of rotatable bonds is 12. The highest BCUT2D eigenvalue weighted by molar-refractivity contribution is 6.38. The standard InChI is InChI=1S/C35H41N3O7/c1-5-6-20-29(31(39)32(40)36-24(2)25-14-9-7-10-15-25)37-33(41)45-30-22-38(23-35(30,3)4)34(42)44-28-19-13-18-27(21-28)43-26-16-11-8-12-17-26/h7-19,21,24,29-30H,5-6,20,22-23H2,1-4H3,(H,36,40)(H,37,41)/t24-,29+,30+/m1/s1. The minimum Gasteiger partial charge on any atom is -0.457 e. The maximum absolute atomic E-state index is 13.1. The fourth-order valence-corrected chi connectivity index (χ4v) is 5.07. The Morgan fingerprint density at radius 1 is 0.889 bits per heavy atom. The maximum Gasteiger partial charge on any atom is 0.415 e. The first-order valence-electron chi connectivity index (χ1n) is 15.2. The molecule has 2 N–H and O–H groups in total. The first-order chi connectivity index (χ1) is 21.6. The molecule has 0 saturated carbocycles. The predicted molar refractivity (Wildman–Crippen MR) is 169 cm³/mol. The highest BCUT2D eigenvalue weighted by Gasteiger charge is 2.45. The van der Waals surface area contributed by atoms with Gasteiger partial charge in [0.25, 0.3) is 5.91 Å². The summed E-state index contributed by atoms with van der Waals surface area (Å²) in [6, 6.07) is 23.9. The quantitative estimate of drug-likeness (QED) is 0.225. The molecule has 238 valence electrons. The van der Waals surface area contributed by atoms with E-state index in [-0.39, 0.29) is 25.6 Å². The lowest BCUT2D eigenvalue weighted by Gasteiger charge is -2.26. The van der Waals surface area contributed by atoms with Gasteiger partial charge in [0.2, 0.25) is 5.78 Å². The van der Waals surface area contributed by atoms with Crippen LogP contribution in [0.2, 0.25) is 0 Å². The predicted octanol–water partition coefficient (Wildman–Crippen LogP) is 6.42. The molecule has 1 aliphatic rings. The number of nitrogens with one attached hydrogen (secondary N) is 2. The Morgan fingerprint density at radius 3 is 2.22 bits per heavy atom. The minimum absolute atomic E-state index is 0.0993. The van der Waals surface area contributed by atoms with E-state index in [2.05, 4.69) is 10.6 Å². The van der Waals surface area contributed by atoms with Gasteiger partial charge in [-0.3, -0.25) is 9.59 Å². The summed E-state index contributed by atoms with van der Waals surface area (Å²) in [5.74, 6) is -0.0350. The number of likely N-dealkylation sites (tertiary alicyclic amines) is 1. The van der Waals surface area contributed by atoms with Gasteiger partial charge in [-0.1, -0.05) is 88.2 Å². The number of para-hydroxylation sites is 1. The van der Waals surface area contributed by atoms with Gasteiger partial charge in [0.15, 0.2) is 0 Å². The topological polar surface area (TPSA) is 123 Å². The smallest absolute Gasteiger partial charge is 0.415 e. The monoisotopic (exact) mass is 615 g/mol. The lowest BCUT2D eigenvalue weighted by atomic mass is 9.90. The number of nitrogens with zero attached hydrogens (tertiary/aromatic N) is 1. The summed E-state index contributed by atoms with van der Waals surface area (Å²) in [6.07, 6.45) is -0.399. The molecule has 3 aromatic rings. The molecule has 10 nitrogen and oxygen atoms in total. The van der Waals surface area contributed by atoms with Gasteiger partial charge in [-0.05, 0) is 43.2 Å². The molecular weight excluding hydrogens is 574 g/mol. The van der Waals surface area contributed by atoms with E-state index in [0.29, 0.717) is 23.7 Å². The van der Waals surface area contributed by atoms with Crippen LogP contribution in [0.3, 0.4) is 0 Å². The van der Waals surface area contributed by atoms with E-state index >= 15 is 0 Å². The molecule has 4 rings (SSSR count). The van der Waals surface area contributed by atoms with Crippen molar-refractivity contribution in [2.75, 3.05) is 13.1 Å². The van der Waals surface area contributed by atoms with Gasteiger partial charge in [0.1, 0.15) is 29.4 Å². The number of ether oxygens (including phenoxy) is 3. The Balaban J connectivity index is 1.33. The third kappa shape index (κ3) is 9.31. The number of hydrogen-bond acceptors (Lipinski definition) is 7. The van der Waals surface area contributed by atoms with Gasteiger partial charge < -0.3 is 29.7 Å². The normalized spacial score (nSPS) is 16.6. The summed E-state index contributed by atoms with van der Waals surface area (Å²) in [5.41, 5.74) is 0.260. The molecule has 3 amide bonds. The number of hydrogen-bond donors (Lipinski definition) is 2. The molecule has 1 saturated heterocycles. The van der Waals surface area contributed by atoms with Crippen LogP contribution < -0.4 is 20.1 Å². The summed E-state index contributed by atoms with van der Waals surface area (Å²) >= 11 is 0. The fourth-order valence-electron chi connectivity index (χ4n) is 5.07. The van der Waals surface area contributed by atoms with Crippen LogP contribution in [0.4, 0.5) is 9.59 Å². The first kappa shape index (κ1) is 33.0. The number of alkyl carbamates (subject to hydrolysis) is 1. The second-order valence-electron chi connectivity index (χ2n) is 11.8. The summed E-state index contributed by atoms with van der Waals surface area (Å²) < 4.78 is 17.2. The van der Waals surface area contributed by atoms with Crippen molar-refractivity contribution in [3.8, 4) is 17.2 Å². The van der Waals surface area contributed by atoms with E-state index in [9.17, 15) is 19.2 Å². The summed E-state index contributed by atoms with van der Waals surface area (Å²) in [7, 11) is 0. The van der Waals surface area contributed by atoms with Crippen molar-refractivity contribution in [2.24, 2.45) is 5.41 Å². The molecule has 0 aliphatic carbocycles. The van der Waals surface area contributed by atoms with Crippen LogP contribution in [0.25, 0.3) is 0 Å². The van der Waals surface area contributed by atoms with Crippen LogP contribution >= 0.6 is 0 Å².